The SMILES string of the molecule is CCCCO[P+](=S)SCC. The van der Waals surface area contributed by atoms with Gasteiger partial charge in [0.25, 0.3) is 0 Å². The highest BCUT2D eigenvalue weighted by molar-refractivity contribution is 8.62. The molecule has 4 heteroatoms. The van der Waals surface area contributed by atoms with Gasteiger partial charge in [-0.3, -0.25) is 0 Å². The summed E-state index contributed by atoms with van der Waals surface area (Å²) in [5.74, 6) is 1.07. The van der Waals surface area contributed by atoms with Crippen molar-refractivity contribution in [2.45, 2.75) is 26.7 Å². The van der Waals surface area contributed by atoms with Crippen LogP contribution in [0.15, 0.2) is 0 Å². The molecule has 1 nitrogen and oxygen atoms in total. The van der Waals surface area contributed by atoms with Crippen LogP contribution in [0.1, 0.15) is 26.7 Å². The first kappa shape index (κ1) is 10.8. The molecule has 1 unspecified atom stereocenters. The van der Waals surface area contributed by atoms with Gasteiger partial charge in [0.2, 0.25) is 11.8 Å². The Hall–Kier alpha value is 0.830. The third-order valence-electron chi connectivity index (χ3n) is 0.929. The lowest BCUT2D eigenvalue weighted by atomic mass is 10.4. The number of hydrogen-bond donors (Lipinski definition) is 0. The first-order valence-electron chi connectivity index (χ1n) is 3.54. The van der Waals surface area contributed by atoms with Crippen LogP contribution >= 0.6 is 17.5 Å². The summed E-state index contributed by atoms with van der Waals surface area (Å²) in [7, 11) is 0. The molecule has 0 aromatic carbocycles. The van der Waals surface area contributed by atoms with Crippen LogP contribution in [0.3, 0.4) is 0 Å². The molecule has 60 valence electrons. The normalized spacial score (nSPS) is 11.6. The minimum absolute atomic E-state index is 0.592. The van der Waals surface area contributed by atoms with Crippen molar-refractivity contribution in [3.05, 3.63) is 0 Å². The number of unbranched alkanes of at least 4 members (excludes halogenated alkanes) is 1. The van der Waals surface area contributed by atoms with Gasteiger partial charge in [-0.15, -0.1) is 0 Å². The van der Waals surface area contributed by atoms with E-state index in [9.17, 15) is 0 Å². The van der Waals surface area contributed by atoms with E-state index in [1.165, 1.54) is 6.42 Å². The molecule has 0 rings (SSSR count). The molecule has 0 heterocycles. The first-order chi connectivity index (χ1) is 4.81. The smallest absolute Gasteiger partial charge is 0.158 e. The van der Waals surface area contributed by atoms with Crippen molar-refractivity contribution >= 4 is 29.3 Å². The van der Waals surface area contributed by atoms with Gasteiger partial charge in [0.05, 0.1) is 0 Å². The van der Waals surface area contributed by atoms with Crippen molar-refractivity contribution in [2.75, 3.05) is 12.4 Å². The zero-order chi connectivity index (χ0) is 7.82. The second-order valence-electron chi connectivity index (χ2n) is 1.83. The van der Waals surface area contributed by atoms with Gasteiger partial charge in [0.15, 0.2) is 0 Å². The fourth-order valence-corrected chi connectivity index (χ4v) is 3.24. The minimum atomic E-state index is -0.592. The highest BCUT2D eigenvalue weighted by Crippen LogP contribution is 2.38. The summed E-state index contributed by atoms with van der Waals surface area (Å²) in [5.41, 5.74) is 0. The molecule has 0 aliphatic carbocycles. The molecule has 0 aliphatic rings. The largest absolute Gasteiger partial charge is 0.414 e. The van der Waals surface area contributed by atoms with Gasteiger partial charge in [-0.1, -0.05) is 20.3 Å². The molecule has 0 aliphatic heterocycles. The summed E-state index contributed by atoms with van der Waals surface area (Å²) in [6.45, 7) is 5.11. The van der Waals surface area contributed by atoms with E-state index in [4.69, 9.17) is 16.3 Å². The standard InChI is InChI=1S/C6H14OPS2/c1-3-5-6-7-8(9)10-4-2/h3-6H2,1-2H3/q+1. The fraction of sp³-hybridized carbons (Fsp3) is 1.00. The average Bonchev–Trinajstić information content (AvgIpc) is 1.89. The first-order valence-corrected chi connectivity index (χ1v) is 7.40. The number of hydrogen-bond acceptors (Lipinski definition) is 3. The van der Waals surface area contributed by atoms with Crippen molar-refractivity contribution in [1.82, 2.24) is 0 Å². The van der Waals surface area contributed by atoms with Gasteiger partial charge in [-0.25, -0.2) is 0 Å². The molecule has 0 aromatic rings. The van der Waals surface area contributed by atoms with E-state index in [0.717, 1.165) is 18.8 Å². The molecule has 0 N–H and O–H groups in total. The Morgan fingerprint density at radius 3 is 2.70 bits per heavy atom. The Morgan fingerprint density at radius 1 is 1.50 bits per heavy atom. The maximum absolute atomic E-state index is 5.37. The van der Waals surface area contributed by atoms with Gasteiger partial charge in [-0.2, -0.15) is 4.52 Å². The maximum atomic E-state index is 5.37. The predicted octanol–water partition coefficient (Wildman–Crippen LogP) is 3.33. The summed E-state index contributed by atoms with van der Waals surface area (Å²) in [6.07, 6.45) is 1.74. The molecule has 0 saturated carbocycles. The molecule has 0 fully saturated rings. The second-order valence-corrected chi connectivity index (χ2v) is 6.83. The van der Waals surface area contributed by atoms with Crippen LogP contribution in [0, 0.1) is 0 Å². The van der Waals surface area contributed by atoms with Crippen molar-refractivity contribution in [2.24, 2.45) is 0 Å². The van der Waals surface area contributed by atoms with Crippen LogP contribution in [-0.4, -0.2) is 12.4 Å². The summed E-state index contributed by atoms with van der Waals surface area (Å²) in [6, 6.07) is 0. The Bertz CT molecular complexity index is 97.7. The highest BCUT2D eigenvalue weighted by atomic mass is 32.9. The lowest BCUT2D eigenvalue weighted by Crippen LogP contribution is -1.82. The molecule has 0 radical (unpaired) electrons. The van der Waals surface area contributed by atoms with E-state index >= 15 is 0 Å². The monoisotopic (exact) mass is 197 g/mol. The molecule has 0 bridgehead atoms. The lowest BCUT2D eigenvalue weighted by Gasteiger charge is -1.88. The average molecular weight is 197 g/mol. The van der Waals surface area contributed by atoms with E-state index in [2.05, 4.69) is 13.8 Å². The van der Waals surface area contributed by atoms with E-state index in [1.54, 1.807) is 11.4 Å². The van der Waals surface area contributed by atoms with Crippen LogP contribution in [-0.2, 0) is 16.3 Å². The van der Waals surface area contributed by atoms with Crippen LogP contribution < -0.4 is 0 Å². The third kappa shape index (κ3) is 6.94. The summed E-state index contributed by atoms with van der Waals surface area (Å²) < 4.78 is 5.37. The Balaban J connectivity index is 3.05. The molecule has 0 amide bonds. The van der Waals surface area contributed by atoms with Crippen LogP contribution in [0.25, 0.3) is 0 Å². The van der Waals surface area contributed by atoms with Gasteiger partial charge < -0.3 is 0 Å². The van der Waals surface area contributed by atoms with Crippen molar-refractivity contribution in [3.63, 3.8) is 0 Å². The Labute approximate surface area is 73.2 Å². The van der Waals surface area contributed by atoms with Crippen LogP contribution in [0.2, 0.25) is 0 Å². The van der Waals surface area contributed by atoms with E-state index in [1.807, 2.05) is 0 Å². The fourth-order valence-electron chi connectivity index (χ4n) is 0.426. The van der Waals surface area contributed by atoms with E-state index < -0.39 is 6.13 Å². The van der Waals surface area contributed by atoms with Gasteiger partial charge in [-0.05, 0) is 6.42 Å². The Kier molecular flexibility index (Phi) is 8.59. The molecule has 0 saturated heterocycles. The van der Waals surface area contributed by atoms with Gasteiger partial charge in [0.1, 0.15) is 18.0 Å². The van der Waals surface area contributed by atoms with Gasteiger partial charge in [0, 0.05) is 5.75 Å². The van der Waals surface area contributed by atoms with Gasteiger partial charge >= 0.3 is 6.13 Å². The van der Waals surface area contributed by atoms with Crippen molar-refractivity contribution in [3.8, 4) is 0 Å². The molecule has 1 atom stereocenters. The molecule has 10 heavy (non-hydrogen) atoms. The minimum Gasteiger partial charge on any atom is -0.158 e. The van der Waals surface area contributed by atoms with E-state index in [-0.39, 0.29) is 0 Å². The highest BCUT2D eigenvalue weighted by Gasteiger charge is 2.10. The van der Waals surface area contributed by atoms with Crippen molar-refractivity contribution < 1.29 is 4.52 Å². The van der Waals surface area contributed by atoms with Crippen LogP contribution in [0.4, 0.5) is 0 Å². The molecule has 0 aromatic heterocycles. The number of rotatable bonds is 6. The predicted molar refractivity (Wildman–Crippen MR) is 53.3 cm³/mol. The summed E-state index contributed by atoms with van der Waals surface area (Å²) in [4.78, 5) is 0. The third-order valence-corrected chi connectivity index (χ3v) is 4.78. The lowest BCUT2D eigenvalue weighted by molar-refractivity contribution is 0.357. The molecule has 0 spiro atoms. The topological polar surface area (TPSA) is 9.23 Å². The summed E-state index contributed by atoms with van der Waals surface area (Å²) >= 11 is 6.79. The van der Waals surface area contributed by atoms with E-state index in [0.29, 0.717) is 0 Å². The van der Waals surface area contributed by atoms with Crippen molar-refractivity contribution in [1.29, 1.82) is 0 Å². The molecular formula is C6H14OPS2+. The Morgan fingerprint density at radius 2 is 2.20 bits per heavy atom. The maximum Gasteiger partial charge on any atom is 0.414 e. The zero-order valence-electron chi connectivity index (χ0n) is 6.50. The second kappa shape index (κ2) is 7.93. The molecular weight excluding hydrogens is 183 g/mol. The summed E-state index contributed by atoms with van der Waals surface area (Å²) in [5, 5.41) is 0. The van der Waals surface area contributed by atoms with Crippen LogP contribution in [0.5, 0.6) is 0 Å². The quantitative estimate of drug-likeness (QED) is 0.477. The zero-order valence-corrected chi connectivity index (χ0v) is 9.03.